The van der Waals surface area contributed by atoms with E-state index in [4.69, 9.17) is 9.15 Å². The molecule has 1 amide bonds. The molecule has 26 heavy (non-hydrogen) atoms. The van der Waals surface area contributed by atoms with Gasteiger partial charge >= 0.3 is 5.97 Å². The molecule has 1 heterocycles. The van der Waals surface area contributed by atoms with E-state index >= 15 is 0 Å². The molecular formula is C20H18FNO4. The number of rotatable bonds is 5. The Balaban J connectivity index is 1.59. The summed E-state index contributed by atoms with van der Waals surface area (Å²) >= 11 is 0. The molecular weight excluding hydrogens is 337 g/mol. The largest absolute Gasteiger partial charge is 0.450 e. The average Bonchev–Trinajstić information content (AvgIpc) is 2.95. The lowest BCUT2D eigenvalue weighted by molar-refractivity contribution is -0.124. The van der Waals surface area contributed by atoms with Gasteiger partial charge in [-0.05, 0) is 43.2 Å². The molecule has 0 radical (unpaired) electrons. The summed E-state index contributed by atoms with van der Waals surface area (Å²) in [6, 6.07) is 11.7. The molecule has 1 aromatic heterocycles. The van der Waals surface area contributed by atoms with Gasteiger partial charge in [-0.3, -0.25) is 4.79 Å². The molecule has 0 aliphatic heterocycles. The second-order valence-electron chi connectivity index (χ2n) is 5.98. The van der Waals surface area contributed by atoms with E-state index in [9.17, 15) is 14.0 Å². The van der Waals surface area contributed by atoms with Crippen molar-refractivity contribution in [3.05, 3.63) is 70.7 Å². The van der Waals surface area contributed by atoms with Crippen molar-refractivity contribution in [2.75, 3.05) is 6.61 Å². The van der Waals surface area contributed by atoms with Gasteiger partial charge in [0.2, 0.25) is 5.76 Å². The molecule has 0 atom stereocenters. The van der Waals surface area contributed by atoms with Crippen LogP contribution in [0.25, 0.3) is 11.0 Å². The van der Waals surface area contributed by atoms with E-state index in [0.717, 1.165) is 11.1 Å². The molecule has 0 spiro atoms. The van der Waals surface area contributed by atoms with E-state index in [-0.39, 0.29) is 5.76 Å². The number of halogens is 1. The first-order valence-electron chi connectivity index (χ1n) is 8.12. The molecule has 0 aliphatic carbocycles. The molecule has 3 rings (SSSR count). The first kappa shape index (κ1) is 17.7. The van der Waals surface area contributed by atoms with Crippen LogP contribution in [0.3, 0.4) is 0 Å². The third kappa shape index (κ3) is 3.74. The van der Waals surface area contributed by atoms with E-state index in [1.165, 1.54) is 18.2 Å². The molecule has 3 aromatic rings. The summed E-state index contributed by atoms with van der Waals surface area (Å²) in [4.78, 5) is 24.1. The monoisotopic (exact) mass is 355 g/mol. The number of carbonyl (C=O) groups is 2. The molecule has 134 valence electrons. The number of amides is 1. The highest BCUT2D eigenvalue weighted by Crippen LogP contribution is 2.26. The Labute approximate surface area is 149 Å². The van der Waals surface area contributed by atoms with Gasteiger partial charge in [-0.15, -0.1) is 0 Å². The normalized spacial score (nSPS) is 10.7. The van der Waals surface area contributed by atoms with Gasteiger partial charge < -0.3 is 14.5 Å². The third-order valence-electron chi connectivity index (χ3n) is 4.16. The standard InChI is InChI=1S/C20H18FNO4/c1-12-5-3-4-6-14(12)10-22-18(23)11-25-20(24)19-13(2)16-9-15(21)7-8-17(16)26-19/h3-9H,10-11H2,1-2H3,(H,22,23). The highest BCUT2D eigenvalue weighted by atomic mass is 19.1. The molecule has 2 aromatic carbocycles. The third-order valence-corrected chi connectivity index (χ3v) is 4.16. The van der Waals surface area contributed by atoms with Gasteiger partial charge in [0.1, 0.15) is 11.4 Å². The molecule has 0 saturated carbocycles. The minimum Gasteiger partial charge on any atom is -0.450 e. The van der Waals surface area contributed by atoms with Crippen molar-refractivity contribution in [2.24, 2.45) is 0 Å². The van der Waals surface area contributed by atoms with Crippen molar-refractivity contribution in [1.82, 2.24) is 5.32 Å². The number of hydrogen-bond donors (Lipinski definition) is 1. The van der Waals surface area contributed by atoms with Crippen molar-refractivity contribution >= 4 is 22.8 Å². The van der Waals surface area contributed by atoms with Gasteiger partial charge in [0.15, 0.2) is 6.61 Å². The van der Waals surface area contributed by atoms with Crippen molar-refractivity contribution in [2.45, 2.75) is 20.4 Å². The van der Waals surface area contributed by atoms with Gasteiger partial charge in [0, 0.05) is 17.5 Å². The van der Waals surface area contributed by atoms with Crippen LogP contribution in [0, 0.1) is 19.7 Å². The van der Waals surface area contributed by atoms with Crippen LogP contribution in [0.4, 0.5) is 4.39 Å². The first-order valence-corrected chi connectivity index (χ1v) is 8.12. The zero-order valence-corrected chi connectivity index (χ0v) is 14.5. The van der Waals surface area contributed by atoms with Gasteiger partial charge in [0.05, 0.1) is 0 Å². The number of benzene rings is 2. The summed E-state index contributed by atoms with van der Waals surface area (Å²) in [5.74, 6) is -1.62. The van der Waals surface area contributed by atoms with Crippen LogP contribution in [-0.4, -0.2) is 18.5 Å². The van der Waals surface area contributed by atoms with Crippen LogP contribution in [0.1, 0.15) is 27.2 Å². The van der Waals surface area contributed by atoms with Crippen LogP contribution < -0.4 is 5.32 Å². The summed E-state index contributed by atoms with van der Waals surface area (Å²) in [7, 11) is 0. The second-order valence-corrected chi connectivity index (χ2v) is 5.98. The van der Waals surface area contributed by atoms with Crippen molar-refractivity contribution in [3.8, 4) is 0 Å². The maximum absolute atomic E-state index is 13.3. The molecule has 0 unspecified atom stereocenters. The maximum atomic E-state index is 13.3. The Hall–Kier alpha value is -3.15. The highest BCUT2D eigenvalue weighted by Gasteiger charge is 2.20. The van der Waals surface area contributed by atoms with Gasteiger partial charge in [0.25, 0.3) is 5.91 Å². The Morgan fingerprint density at radius 2 is 1.92 bits per heavy atom. The number of fused-ring (bicyclic) bond motifs is 1. The van der Waals surface area contributed by atoms with Crippen molar-refractivity contribution in [3.63, 3.8) is 0 Å². The lowest BCUT2D eigenvalue weighted by Gasteiger charge is -2.08. The lowest BCUT2D eigenvalue weighted by Crippen LogP contribution is -2.28. The Morgan fingerprint density at radius 3 is 2.69 bits per heavy atom. The van der Waals surface area contributed by atoms with Crippen molar-refractivity contribution < 1.29 is 23.1 Å². The Bertz CT molecular complexity index is 977. The maximum Gasteiger partial charge on any atom is 0.375 e. The molecule has 0 fully saturated rings. The summed E-state index contributed by atoms with van der Waals surface area (Å²) in [5.41, 5.74) is 2.92. The first-order chi connectivity index (χ1) is 12.5. The van der Waals surface area contributed by atoms with Crippen molar-refractivity contribution in [1.29, 1.82) is 0 Å². The molecule has 0 aliphatic rings. The predicted molar refractivity (Wildman–Crippen MR) is 94.2 cm³/mol. The van der Waals surface area contributed by atoms with Gasteiger partial charge in [-0.2, -0.15) is 0 Å². The number of ether oxygens (including phenoxy) is 1. The van der Waals surface area contributed by atoms with Crippen LogP contribution >= 0.6 is 0 Å². The van der Waals surface area contributed by atoms with E-state index < -0.39 is 24.3 Å². The Morgan fingerprint density at radius 1 is 1.15 bits per heavy atom. The number of aryl methyl sites for hydroxylation is 2. The van der Waals surface area contributed by atoms with E-state index in [2.05, 4.69) is 5.32 Å². The van der Waals surface area contributed by atoms with E-state index in [1.807, 2.05) is 31.2 Å². The number of hydrogen-bond acceptors (Lipinski definition) is 4. The van der Waals surface area contributed by atoms with Crippen LogP contribution in [0.15, 0.2) is 46.9 Å². The van der Waals surface area contributed by atoms with E-state index in [0.29, 0.717) is 23.1 Å². The minimum absolute atomic E-state index is 0.0303. The average molecular weight is 355 g/mol. The molecule has 1 N–H and O–H groups in total. The van der Waals surface area contributed by atoms with Crippen LogP contribution in [0.5, 0.6) is 0 Å². The number of esters is 1. The fourth-order valence-corrected chi connectivity index (χ4v) is 2.64. The van der Waals surface area contributed by atoms with Gasteiger partial charge in [-0.25, -0.2) is 9.18 Å². The van der Waals surface area contributed by atoms with Crippen LogP contribution in [0.2, 0.25) is 0 Å². The van der Waals surface area contributed by atoms with Gasteiger partial charge in [-0.1, -0.05) is 24.3 Å². The SMILES string of the molecule is Cc1ccccc1CNC(=O)COC(=O)c1oc2ccc(F)cc2c1C. The zero-order chi connectivity index (χ0) is 18.7. The molecule has 0 bridgehead atoms. The number of carbonyl (C=O) groups excluding carboxylic acids is 2. The quantitative estimate of drug-likeness (QED) is 0.709. The second kappa shape index (κ2) is 7.39. The summed E-state index contributed by atoms with van der Waals surface area (Å²) in [6.07, 6.45) is 0. The lowest BCUT2D eigenvalue weighted by atomic mass is 10.1. The highest BCUT2D eigenvalue weighted by molar-refractivity contribution is 5.96. The fraction of sp³-hybridized carbons (Fsp3) is 0.200. The summed E-state index contributed by atoms with van der Waals surface area (Å²) in [6.45, 7) is 3.52. The smallest absolute Gasteiger partial charge is 0.375 e. The predicted octanol–water partition coefficient (Wildman–Crippen LogP) is 3.66. The summed E-state index contributed by atoms with van der Waals surface area (Å²) in [5, 5.41) is 3.20. The molecule has 6 heteroatoms. The van der Waals surface area contributed by atoms with Crippen LogP contribution in [-0.2, 0) is 16.1 Å². The minimum atomic E-state index is -0.759. The fourth-order valence-electron chi connectivity index (χ4n) is 2.64. The summed E-state index contributed by atoms with van der Waals surface area (Å²) < 4.78 is 23.8. The number of furan rings is 1. The van der Waals surface area contributed by atoms with E-state index in [1.54, 1.807) is 6.92 Å². The molecule has 5 nitrogen and oxygen atoms in total. The zero-order valence-electron chi connectivity index (χ0n) is 14.5. The molecule has 0 saturated heterocycles. The topological polar surface area (TPSA) is 68.5 Å². The Kier molecular flexibility index (Phi) is 5.02. The number of nitrogens with one attached hydrogen (secondary N) is 1.